The Morgan fingerprint density at radius 2 is 1.77 bits per heavy atom. The standard InChI is InChI=1S/C21H29N3O4S2/c25-30(26,17-15-27-19-4-2-1-3-5-19)24-13-6-18(7-14-24)23-11-8-20(9-12-23)28-21-22-10-16-29-21/h1-5,10,16,18,20H,6-9,11-15,17H2. The van der Waals surface area contributed by atoms with E-state index in [1.165, 1.54) is 11.3 Å². The van der Waals surface area contributed by atoms with Gasteiger partial charge < -0.3 is 14.4 Å². The van der Waals surface area contributed by atoms with Gasteiger partial charge in [-0.1, -0.05) is 29.5 Å². The van der Waals surface area contributed by atoms with Gasteiger partial charge in [-0.2, -0.15) is 0 Å². The second-order valence-corrected chi connectivity index (χ2v) is 10.7. The van der Waals surface area contributed by atoms with Gasteiger partial charge in [0.05, 0.1) is 5.75 Å². The van der Waals surface area contributed by atoms with Crippen LogP contribution in [-0.2, 0) is 10.0 Å². The number of hydrogen-bond acceptors (Lipinski definition) is 7. The summed E-state index contributed by atoms with van der Waals surface area (Å²) in [5.74, 6) is 0.722. The first-order valence-corrected chi connectivity index (χ1v) is 13.0. The molecule has 3 heterocycles. The summed E-state index contributed by atoms with van der Waals surface area (Å²) in [5, 5.41) is 2.68. The van der Waals surface area contributed by atoms with Crippen molar-refractivity contribution in [2.24, 2.45) is 0 Å². The molecule has 0 unspecified atom stereocenters. The highest BCUT2D eigenvalue weighted by Gasteiger charge is 2.32. The quantitative estimate of drug-likeness (QED) is 0.615. The highest BCUT2D eigenvalue weighted by Crippen LogP contribution is 2.25. The molecule has 2 saturated heterocycles. The van der Waals surface area contributed by atoms with Crippen molar-refractivity contribution in [3.63, 3.8) is 0 Å². The molecule has 2 aliphatic heterocycles. The molecular weight excluding hydrogens is 422 g/mol. The maximum Gasteiger partial charge on any atom is 0.273 e. The van der Waals surface area contributed by atoms with Crippen molar-refractivity contribution in [1.29, 1.82) is 0 Å². The highest BCUT2D eigenvalue weighted by atomic mass is 32.2. The molecule has 7 nitrogen and oxygen atoms in total. The Bertz CT molecular complexity index is 861. The number of nitrogens with zero attached hydrogens (tertiary/aromatic N) is 3. The Morgan fingerprint density at radius 1 is 1.03 bits per heavy atom. The van der Waals surface area contributed by atoms with Crippen LogP contribution < -0.4 is 9.47 Å². The molecule has 4 rings (SSSR count). The van der Waals surface area contributed by atoms with Gasteiger partial charge in [0.25, 0.3) is 5.19 Å². The molecule has 0 spiro atoms. The first-order chi connectivity index (χ1) is 14.6. The van der Waals surface area contributed by atoms with E-state index in [-0.39, 0.29) is 18.5 Å². The second kappa shape index (κ2) is 10.1. The fourth-order valence-corrected chi connectivity index (χ4v) is 6.04. The minimum absolute atomic E-state index is 0.0199. The van der Waals surface area contributed by atoms with Gasteiger partial charge in [0, 0.05) is 43.8 Å². The highest BCUT2D eigenvalue weighted by molar-refractivity contribution is 7.89. The van der Waals surface area contributed by atoms with Crippen molar-refractivity contribution in [2.75, 3.05) is 38.5 Å². The molecule has 2 aliphatic rings. The van der Waals surface area contributed by atoms with Crippen LogP contribution in [0.4, 0.5) is 0 Å². The number of sulfonamides is 1. The summed E-state index contributed by atoms with van der Waals surface area (Å²) in [4.78, 5) is 6.70. The summed E-state index contributed by atoms with van der Waals surface area (Å²) in [6.07, 6.45) is 5.76. The number of rotatable bonds is 8. The van der Waals surface area contributed by atoms with Gasteiger partial charge in [0.15, 0.2) is 0 Å². The summed E-state index contributed by atoms with van der Waals surface area (Å²) in [6, 6.07) is 9.79. The number of thiazole rings is 1. The molecule has 0 saturated carbocycles. The van der Waals surface area contributed by atoms with E-state index in [4.69, 9.17) is 9.47 Å². The average Bonchev–Trinajstić information content (AvgIpc) is 3.28. The van der Waals surface area contributed by atoms with Gasteiger partial charge in [-0.15, -0.1) is 0 Å². The molecule has 0 N–H and O–H groups in total. The molecule has 0 amide bonds. The van der Waals surface area contributed by atoms with E-state index in [0.29, 0.717) is 24.9 Å². The van der Waals surface area contributed by atoms with E-state index >= 15 is 0 Å². The molecule has 0 radical (unpaired) electrons. The molecule has 9 heteroatoms. The summed E-state index contributed by atoms with van der Waals surface area (Å²) in [5.41, 5.74) is 0. The molecule has 30 heavy (non-hydrogen) atoms. The van der Waals surface area contributed by atoms with E-state index in [2.05, 4.69) is 9.88 Å². The van der Waals surface area contributed by atoms with Gasteiger partial charge >= 0.3 is 0 Å². The summed E-state index contributed by atoms with van der Waals surface area (Å²) >= 11 is 1.53. The molecule has 1 aromatic heterocycles. The molecule has 0 bridgehead atoms. The largest absolute Gasteiger partial charge is 0.492 e. The maximum absolute atomic E-state index is 12.7. The van der Waals surface area contributed by atoms with Crippen LogP contribution in [0.15, 0.2) is 41.9 Å². The molecule has 0 aliphatic carbocycles. The summed E-state index contributed by atoms with van der Waals surface area (Å²) in [7, 11) is -3.28. The molecule has 2 aromatic rings. The van der Waals surface area contributed by atoms with Gasteiger partial charge in [0.1, 0.15) is 18.5 Å². The third-order valence-corrected chi connectivity index (χ3v) is 8.34. The van der Waals surface area contributed by atoms with Crippen molar-refractivity contribution in [3.05, 3.63) is 41.9 Å². The zero-order valence-corrected chi connectivity index (χ0v) is 18.7. The molecule has 2 fully saturated rings. The lowest BCUT2D eigenvalue weighted by molar-refractivity contribution is 0.0584. The Hall–Kier alpha value is -1.68. The lowest BCUT2D eigenvalue weighted by Gasteiger charge is -2.41. The zero-order chi connectivity index (χ0) is 20.8. The molecule has 164 valence electrons. The van der Waals surface area contributed by atoms with Crippen LogP contribution in [0, 0.1) is 0 Å². The van der Waals surface area contributed by atoms with Crippen molar-refractivity contribution in [2.45, 2.75) is 37.8 Å². The minimum Gasteiger partial charge on any atom is -0.492 e. The van der Waals surface area contributed by atoms with Crippen molar-refractivity contribution < 1.29 is 17.9 Å². The Kier molecular flexibility index (Phi) is 7.24. The Balaban J connectivity index is 1.18. The van der Waals surface area contributed by atoms with Crippen molar-refractivity contribution >= 4 is 21.4 Å². The lowest BCUT2D eigenvalue weighted by Crippen LogP contribution is -2.50. The predicted octanol–water partition coefficient (Wildman–Crippen LogP) is 2.86. The van der Waals surface area contributed by atoms with Crippen LogP contribution in [0.3, 0.4) is 0 Å². The molecule has 0 atom stereocenters. The molecule has 1 aromatic carbocycles. The van der Waals surface area contributed by atoms with E-state index in [9.17, 15) is 8.42 Å². The van der Waals surface area contributed by atoms with Gasteiger partial charge in [0.2, 0.25) is 10.0 Å². The second-order valence-electron chi connectivity index (χ2n) is 7.76. The maximum atomic E-state index is 12.7. The third kappa shape index (κ3) is 5.72. The van der Waals surface area contributed by atoms with Crippen LogP contribution in [0.5, 0.6) is 10.9 Å². The van der Waals surface area contributed by atoms with Gasteiger partial charge in [-0.05, 0) is 37.8 Å². The van der Waals surface area contributed by atoms with Crippen LogP contribution in [-0.4, -0.2) is 73.3 Å². The normalized spacial score (nSPS) is 20.3. The van der Waals surface area contributed by atoms with Crippen LogP contribution in [0.2, 0.25) is 0 Å². The number of hydrogen-bond donors (Lipinski definition) is 0. The first-order valence-electron chi connectivity index (χ1n) is 10.6. The summed E-state index contributed by atoms with van der Waals surface area (Å²) in [6.45, 7) is 3.36. The number of ether oxygens (including phenoxy) is 2. The van der Waals surface area contributed by atoms with Crippen LogP contribution in [0.25, 0.3) is 0 Å². The minimum atomic E-state index is -3.28. The number of aromatic nitrogens is 1. The van der Waals surface area contributed by atoms with Crippen molar-refractivity contribution in [1.82, 2.24) is 14.2 Å². The van der Waals surface area contributed by atoms with E-state index in [1.54, 1.807) is 10.5 Å². The van der Waals surface area contributed by atoms with Gasteiger partial charge in [-0.3, -0.25) is 0 Å². The van der Waals surface area contributed by atoms with Crippen LogP contribution in [0.1, 0.15) is 25.7 Å². The fraction of sp³-hybridized carbons (Fsp3) is 0.571. The number of piperidine rings is 2. The molecular formula is C21H29N3O4S2. The van der Waals surface area contributed by atoms with Gasteiger partial charge in [-0.25, -0.2) is 17.7 Å². The van der Waals surface area contributed by atoms with E-state index in [1.807, 2.05) is 35.7 Å². The Morgan fingerprint density at radius 3 is 2.43 bits per heavy atom. The smallest absolute Gasteiger partial charge is 0.273 e. The van der Waals surface area contributed by atoms with E-state index < -0.39 is 10.0 Å². The number of likely N-dealkylation sites (tertiary alicyclic amines) is 1. The SMILES string of the molecule is O=S(=O)(CCOc1ccccc1)N1CCC(N2CCC(Oc3nccs3)CC2)CC1. The fourth-order valence-electron chi connectivity index (χ4n) is 4.17. The zero-order valence-electron chi connectivity index (χ0n) is 17.1. The number of para-hydroxylation sites is 1. The van der Waals surface area contributed by atoms with Crippen molar-refractivity contribution in [3.8, 4) is 10.9 Å². The third-order valence-electron chi connectivity index (χ3n) is 5.84. The van der Waals surface area contributed by atoms with Crippen LogP contribution >= 0.6 is 11.3 Å². The lowest BCUT2D eigenvalue weighted by atomic mass is 10.00. The monoisotopic (exact) mass is 451 g/mol. The number of benzene rings is 1. The van der Waals surface area contributed by atoms with E-state index in [0.717, 1.165) is 44.0 Å². The summed E-state index contributed by atoms with van der Waals surface area (Å²) < 4.78 is 38.5. The topological polar surface area (TPSA) is 72.0 Å². The predicted molar refractivity (Wildman–Crippen MR) is 118 cm³/mol. The average molecular weight is 452 g/mol. The Labute approximate surface area is 182 Å². The first kappa shape index (κ1) is 21.5.